The minimum Gasteiger partial charge on any atom is -0.497 e. The minimum atomic E-state index is 0.477. The van der Waals surface area contributed by atoms with E-state index >= 15 is 0 Å². The molecule has 2 N–H and O–H groups in total. The van der Waals surface area contributed by atoms with E-state index in [1.807, 2.05) is 12.1 Å². The predicted octanol–water partition coefficient (Wildman–Crippen LogP) is 3.36. The molecule has 2 nitrogen and oxygen atoms in total. The highest BCUT2D eigenvalue weighted by Crippen LogP contribution is 2.17. The molecule has 0 aliphatic heterocycles. The molecule has 20 heavy (non-hydrogen) atoms. The summed E-state index contributed by atoms with van der Waals surface area (Å²) in [6, 6.07) is 16.9. The van der Waals surface area contributed by atoms with Crippen LogP contribution in [0.5, 0.6) is 5.75 Å². The van der Waals surface area contributed by atoms with Gasteiger partial charge in [-0.15, -0.1) is 0 Å². The Bertz CT molecular complexity index is 533. The Morgan fingerprint density at radius 3 is 2.30 bits per heavy atom. The molecule has 1 unspecified atom stereocenters. The third-order valence-corrected chi connectivity index (χ3v) is 3.62. The quantitative estimate of drug-likeness (QED) is 0.872. The lowest BCUT2D eigenvalue weighted by atomic mass is 9.92. The summed E-state index contributed by atoms with van der Waals surface area (Å²) in [7, 11) is 1.69. The van der Waals surface area contributed by atoms with Crippen molar-refractivity contribution in [3.63, 3.8) is 0 Å². The van der Waals surface area contributed by atoms with Gasteiger partial charge in [-0.1, -0.05) is 42.0 Å². The van der Waals surface area contributed by atoms with Gasteiger partial charge in [-0.2, -0.15) is 0 Å². The lowest BCUT2D eigenvalue weighted by Crippen LogP contribution is -2.19. The smallest absolute Gasteiger partial charge is 0.118 e. The highest BCUT2D eigenvalue weighted by atomic mass is 16.5. The van der Waals surface area contributed by atoms with Crippen molar-refractivity contribution in [2.45, 2.75) is 19.8 Å². The highest BCUT2D eigenvalue weighted by Gasteiger charge is 2.09. The van der Waals surface area contributed by atoms with Crippen LogP contribution in [-0.4, -0.2) is 13.7 Å². The van der Waals surface area contributed by atoms with Gasteiger partial charge in [0.15, 0.2) is 0 Å². The maximum atomic E-state index is 5.94. The van der Waals surface area contributed by atoms with Crippen LogP contribution in [0.2, 0.25) is 0 Å². The van der Waals surface area contributed by atoms with Gasteiger partial charge >= 0.3 is 0 Å². The van der Waals surface area contributed by atoms with Crippen LogP contribution in [0, 0.1) is 12.8 Å². The second-order valence-corrected chi connectivity index (χ2v) is 5.35. The molecule has 106 valence electrons. The third-order valence-electron chi connectivity index (χ3n) is 3.62. The van der Waals surface area contributed by atoms with Crippen molar-refractivity contribution in [2.24, 2.45) is 11.7 Å². The number of aryl methyl sites for hydroxylation is 1. The molecular weight excluding hydrogens is 246 g/mol. The Labute approximate surface area is 121 Å². The van der Waals surface area contributed by atoms with Gasteiger partial charge in [-0.05, 0) is 55.5 Å². The van der Waals surface area contributed by atoms with Gasteiger partial charge in [-0.3, -0.25) is 0 Å². The van der Waals surface area contributed by atoms with Gasteiger partial charge in [-0.25, -0.2) is 0 Å². The fraction of sp³-hybridized carbons (Fsp3) is 0.333. The van der Waals surface area contributed by atoms with Crippen LogP contribution < -0.4 is 10.5 Å². The number of hydrogen-bond acceptors (Lipinski definition) is 2. The molecule has 0 spiro atoms. The Morgan fingerprint density at radius 1 is 1.00 bits per heavy atom. The van der Waals surface area contributed by atoms with Gasteiger partial charge in [0.2, 0.25) is 0 Å². The normalized spacial score (nSPS) is 12.2. The van der Waals surface area contributed by atoms with E-state index in [0.717, 1.165) is 18.6 Å². The number of benzene rings is 2. The Morgan fingerprint density at radius 2 is 1.70 bits per heavy atom. The number of ether oxygens (including phenoxy) is 1. The Kier molecular flexibility index (Phi) is 5.19. The first-order valence-corrected chi connectivity index (χ1v) is 7.10. The molecule has 0 radical (unpaired) electrons. The van der Waals surface area contributed by atoms with Crippen molar-refractivity contribution in [1.82, 2.24) is 0 Å². The zero-order chi connectivity index (χ0) is 14.4. The summed E-state index contributed by atoms with van der Waals surface area (Å²) in [6.07, 6.45) is 2.04. The molecule has 2 heteroatoms. The molecule has 1 atom stereocenters. The minimum absolute atomic E-state index is 0.477. The monoisotopic (exact) mass is 269 g/mol. The molecular formula is C18H23NO. The summed E-state index contributed by atoms with van der Waals surface area (Å²) in [5.41, 5.74) is 9.93. The average Bonchev–Trinajstić information content (AvgIpc) is 2.47. The SMILES string of the molecule is COc1ccc(CC(CN)Cc2cccc(C)c2)cc1. The number of rotatable bonds is 6. The molecule has 0 saturated carbocycles. The largest absolute Gasteiger partial charge is 0.497 e. The van der Waals surface area contributed by atoms with Gasteiger partial charge in [0.1, 0.15) is 5.75 Å². The lowest BCUT2D eigenvalue weighted by Gasteiger charge is -2.15. The van der Waals surface area contributed by atoms with Crippen LogP contribution in [0.3, 0.4) is 0 Å². The second-order valence-electron chi connectivity index (χ2n) is 5.35. The summed E-state index contributed by atoms with van der Waals surface area (Å²) in [6.45, 7) is 2.84. The van der Waals surface area contributed by atoms with Crippen LogP contribution >= 0.6 is 0 Å². The fourth-order valence-corrected chi connectivity index (χ4v) is 2.51. The molecule has 0 saturated heterocycles. The van der Waals surface area contributed by atoms with E-state index in [4.69, 9.17) is 10.5 Å². The van der Waals surface area contributed by atoms with Crippen molar-refractivity contribution in [3.8, 4) is 5.75 Å². The summed E-state index contributed by atoms with van der Waals surface area (Å²) in [5.74, 6) is 1.38. The zero-order valence-corrected chi connectivity index (χ0v) is 12.3. The summed E-state index contributed by atoms with van der Waals surface area (Å²) < 4.78 is 5.18. The standard InChI is InChI=1S/C18H23NO/c1-14-4-3-5-16(10-14)12-17(13-19)11-15-6-8-18(20-2)9-7-15/h3-10,17H,11-13,19H2,1-2H3. The maximum Gasteiger partial charge on any atom is 0.118 e. The van der Waals surface area contributed by atoms with Crippen LogP contribution in [0.1, 0.15) is 16.7 Å². The lowest BCUT2D eigenvalue weighted by molar-refractivity contribution is 0.414. The van der Waals surface area contributed by atoms with E-state index in [1.54, 1.807) is 7.11 Å². The van der Waals surface area contributed by atoms with Crippen LogP contribution in [-0.2, 0) is 12.8 Å². The molecule has 0 fully saturated rings. The van der Waals surface area contributed by atoms with Gasteiger partial charge in [0.05, 0.1) is 7.11 Å². The molecule has 0 aromatic heterocycles. The average molecular weight is 269 g/mol. The molecule has 0 aliphatic rings. The Hall–Kier alpha value is -1.80. The number of hydrogen-bond donors (Lipinski definition) is 1. The summed E-state index contributed by atoms with van der Waals surface area (Å²) in [4.78, 5) is 0. The fourth-order valence-electron chi connectivity index (χ4n) is 2.51. The van der Waals surface area contributed by atoms with Crippen molar-refractivity contribution < 1.29 is 4.74 Å². The molecule has 0 heterocycles. The first kappa shape index (κ1) is 14.6. The van der Waals surface area contributed by atoms with E-state index in [-0.39, 0.29) is 0 Å². The summed E-state index contributed by atoms with van der Waals surface area (Å²) >= 11 is 0. The molecule has 0 aliphatic carbocycles. The first-order valence-electron chi connectivity index (χ1n) is 7.10. The van der Waals surface area contributed by atoms with Crippen LogP contribution in [0.25, 0.3) is 0 Å². The predicted molar refractivity (Wildman–Crippen MR) is 84.1 cm³/mol. The topological polar surface area (TPSA) is 35.2 Å². The van der Waals surface area contributed by atoms with Gasteiger partial charge in [0, 0.05) is 0 Å². The van der Waals surface area contributed by atoms with Crippen LogP contribution in [0.15, 0.2) is 48.5 Å². The van der Waals surface area contributed by atoms with E-state index in [2.05, 4.69) is 43.3 Å². The van der Waals surface area contributed by atoms with Crippen molar-refractivity contribution in [1.29, 1.82) is 0 Å². The van der Waals surface area contributed by atoms with E-state index in [1.165, 1.54) is 16.7 Å². The van der Waals surface area contributed by atoms with Crippen LogP contribution in [0.4, 0.5) is 0 Å². The van der Waals surface area contributed by atoms with E-state index in [9.17, 15) is 0 Å². The third kappa shape index (κ3) is 4.10. The second kappa shape index (κ2) is 7.11. The first-order chi connectivity index (χ1) is 9.71. The zero-order valence-electron chi connectivity index (χ0n) is 12.3. The van der Waals surface area contributed by atoms with E-state index < -0.39 is 0 Å². The highest BCUT2D eigenvalue weighted by molar-refractivity contribution is 5.28. The van der Waals surface area contributed by atoms with Crippen molar-refractivity contribution >= 4 is 0 Å². The number of nitrogens with two attached hydrogens (primary N) is 1. The molecule has 2 aromatic carbocycles. The number of methoxy groups -OCH3 is 1. The Balaban J connectivity index is 2.01. The van der Waals surface area contributed by atoms with Gasteiger partial charge < -0.3 is 10.5 Å². The maximum absolute atomic E-state index is 5.94. The van der Waals surface area contributed by atoms with Crippen molar-refractivity contribution in [2.75, 3.05) is 13.7 Å². The van der Waals surface area contributed by atoms with E-state index in [0.29, 0.717) is 12.5 Å². The summed E-state index contributed by atoms with van der Waals surface area (Å²) in [5, 5.41) is 0. The molecule has 0 bridgehead atoms. The molecule has 2 aromatic rings. The molecule has 0 amide bonds. The van der Waals surface area contributed by atoms with Crippen molar-refractivity contribution in [3.05, 3.63) is 65.2 Å². The van der Waals surface area contributed by atoms with Gasteiger partial charge in [0.25, 0.3) is 0 Å². The molecule has 2 rings (SSSR count).